The van der Waals surface area contributed by atoms with E-state index in [1.807, 2.05) is 0 Å². The lowest BCUT2D eigenvalue weighted by molar-refractivity contribution is -0.164. The zero-order valence-corrected chi connectivity index (χ0v) is 12.6. The number of carbonyl (C=O) groups is 1. The van der Waals surface area contributed by atoms with Crippen LogP contribution in [0.3, 0.4) is 0 Å². The maximum absolute atomic E-state index is 11.6. The molecule has 0 bridgehead atoms. The fourth-order valence-corrected chi connectivity index (χ4v) is 2.30. The molecule has 0 spiro atoms. The molecule has 0 radical (unpaired) electrons. The van der Waals surface area contributed by atoms with E-state index in [1.165, 1.54) is 14.2 Å². The summed E-state index contributed by atoms with van der Waals surface area (Å²) in [5, 5.41) is 38.2. The van der Waals surface area contributed by atoms with Gasteiger partial charge in [0.15, 0.2) is 0 Å². The van der Waals surface area contributed by atoms with Crippen LogP contribution in [0.25, 0.3) is 0 Å². The summed E-state index contributed by atoms with van der Waals surface area (Å²) >= 11 is 0. The van der Waals surface area contributed by atoms with E-state index in [0.29, 0.717) is 0 Å². The zero-order valence-electron chi connectivity index (χ0n) is 12.6. The third-order valence-corrected chi connectivity index (χ3v) is 3.67. The Morgan fingerprint density at radius 2 is 1.86 bits per heavy atom. The molecule has 0 saturated heterocycles. The van der Waals surface area contributed by atoms with Crippen LogP contribution in [0.2, 0.25) is 0 Å². The minimum absolute atomic E-state index is 0.0899. The highest BCUT2D eigenvalue weighted by atomic mass is 16.7. The van der Waals surface area contributed by atoms with Crippen molar-refractivity contribution in [1.29, 1.82) is 0 Å². The van der Waals surface area contributed by atoms with E-state index in [1.54, 1.807) is 0 Å². The smallest absolute Gasteiger partial charge is 0.431 e. The van der Waals surface area contributed by atoms with Gasteiger partial charge in [-0.1, -0.05) is 0 Å². The van der Waals surface area contributed by atoms with Gasteiger partial charge in [-0.3, -0.25) is 0 Å². The van der Waals surface area contributed by atoms with Crippen LogP contribution >= 0.6 is 0 Å². The molecule has 1 fully saturated rings. The lowest BCUT2D eigenvalue weighted by Crippen LogP contribution is -2.55. The quantitative estimate of drug-likeness (QED) is 0.403. The summed E-state index contributed by atoms with van der Waals surface area (Å²) in [6.07, 6.45) is -6.58. The molecule has 9 heteroatoms. The van der Waals surface area contributed by atoms with Crippen molar-refractivity contribution in [2.45, 2.75) is 36.9 Å². The summed E-state index contributed by atoms with van der Waals surface area (Å²) in [6.45, 7) is -0.364. The summed E-state index contributed by atoms with van der Waals surface area (Å²) in [5.74, 6) is -0.900. The second kappa shape index (κ2) is 9.23. The molecule has 22 heavy (non-hydrogen) atoms. The van der Waals surface area contributed by atoms with Crippen molar-refractivity contribution in [2.75, 3.05) is 34.0 Å². The second-order valence-electron chi connectivity index (χ2n) is 5.16. The predicted molar refractivity (Wildman–Crippen MR) is 72.1 cm³/mol. The number of aliphatic hydroxyl groups is 4. The van der Waals surface area contributed by atoms with Gasteiger partial charge in [0.25, 0.3) is 0 Å². The summed E-state index contributed by atoms with van der Waals surface area (Å²) in [6, 6.07) is 0. The van der Waals surface area contributed by atoms with E-state index in [4.69, 9.17) is 18.9 Å². The fourth-order valence-electron chi connectivity index (χ4n) is 2.30. The summed E-state index contributed by atoms with van der Waals surface area (Å²) in [4.78, 5) is 11.6. The highest BCUT2D eigenvalue weighted by Crippen LogP contribution is 2.28. The average molecular weight is 324 g/mol. The Balaban J connectivity index is 2.51. The van der Waals surface area contributed by atoms with E-state index in [0.717, 1.165) is 0 Å². The molecule has 6 atom stereocenters. The first kappa shape index (κ1) is 19.1. The van der Waals surface area contributed by atoms with Crippen molar-refractivity contribution in [3.63, 3.8) is 0 Å². The Hall–Kier alpha value is -0.970. The maximum Gasteiger partial charge on any atom is 0.508 e. The molecule has 4 N–H and O–H groups in total. The van der Waals surface area contributed by atoms with Crippen molar-refractivity contribution in [3.05, 3.63) is 0 Å². The van der Waals surface area contributed by atoms with E-state index >= 15 is 0 Å². The van der Waals surface area contributed by atoms with Crippen LogP contribution in [0.5, 0.6) is 0 Å². The third-order valence-electron chi connectivity index (χ3n) is 3.67. The summed E-state index contributed by atoms with van der Waals surface area (Å²) in [7, 11) is 2.92. The monoisotopic (exact) mass is 324 g/mol. The Kier molecular flexibility index (Phi) is 8.01. The van der Waals surface area contributed by atoms with Crippen LogP contribution in [0.4, 0.5) is 4.79 Å². The lowest BCUT2D eigenvalue weighted by atomic mass is 9.81. The molecule has 1 saturated carbocycles. The summed E-state index contributed by atoms with van der Waals surface area (Å²) in [5.41, 5.74) is 0. The molecule has 0 aromatic heterocycles. The van der Waals surface area contributed by atoms with E-state index < -0.39 is 49.2 Å². The molecule has 0 aromatic rings. The van der Waals surface area contributed by atoms with E-state index in [2.05, 4.69) is 0 Å². The first-order valence-electron chi connectivity index (χ1n) is 6.94. The Morgan fingerprint density at radius 3 is 2.41 bits per heavy atom. The molecule has 0 aliphatic heterocycles. The van der Waals surface area contributed by atoms with E-state index in [-0.39, 0.29) is 19.6 Å². The van der Waals surface area contributed by atoms with Gasteiger partial charge in [0.05, 0.1) is 25.4 Å². The SMILES string of the molecule is COCC(COC(=O)OC1CC(O)C(O)C(O)C1CO)OC. The van der Waals surface area contributed by atoms with Crippen LogP contribution in [0.15, 0.2) is 0 Å². The number of rotatable bonds is 7. The van der Waals surface area contributed by atoms with Crippen molar-refractivity contribution < 1.29 is 44.2 Å². The molecule has 1 rings (SSSR count). The fraction of sp³-hybridized carbons (Fsp3) is 0.923. The molecule has 0 amide bonds. The van der Waals surface area contributed by atoms with Gasteiger partial charge >= 0.3 is 6.16 Å². The third kappa shape index (κ3) is 5.04. The molecule has 0 aromatic carbocycles. The van der Waals surface area contributed by atoms with Gasteiger partial charge < -0.3 is 39.4 Å². The maximum atomic E-state index is 11.6. The van der Waals surface area contributed by atoms with Gasteiger partial charge in [-0.2, -0.15) is 0 Å². The van der Waals surface area contributed by atoms with Crippen LogP contribution in [-0.4, -0.2) is 91.1 Å². The van der Waals surface area contributed by atoms with Gasteiger partial charge in [0.2, 0.25) is 0 Å². The minimum atomic E-state index is -1.40. The molecular weight excluding hydrogens is 300 g/mol. The number of ether oxygens (including phenoxy) is 4. The highest BCUT2D eigenvalue weighted by Gasteiger charge is 2.44. The van der Waals surface area contributed by atoms with Crippen LogP contribution in [0.1, 0.15) is 6.42 Å². The topological polar surface area (TPSA) is 135 Å². The van der Waals surface area contributed by atoms with Gasteiger partial charge in [-0.15, -0.1) is 0 Å². The first-order chi connectivity index (χ1) is 10.4. The highest BCUT2D eigenvalue weighted by molar-refractivity contribution is 5.60. The normalized spacial score (nSPS) is 33.3. The van der Waals surface area contributed by atoms with Gasteiger partial charge in [0.1, 0.15) is 24.9 Å². The number of aliphatic hydroxyl groups excluding tert-OH is 4. The standard InChI is InChI=1S/C13H24O9/c1-19-5-7(20-2)6-21-13(18)22-10-3-9(15)12(17)11(16)8(10)4-14/h7-12,14-17H,3-6H2,1-2H3. The number of methoxy groups -OCH3 is 2. The van der Waals surface area contributed by atoms with Crippen molar-refractivity contribution >= 4 is 6.16 Å². The van der Waals surface area contributed by atoms with Crippen LogP contribution in [0, 0.1) is 5.92 Å². The molecule has 1 aliphatic carbocycles. The van der Waals surface area contributed by atoms with Crippen molar-refractivity contribution in [1.82, 2.24) is 0 Å². The molecule has 9 nitrogen and oxygen atoms in total. The summed E-state index contributed by atoms with van der Waals surface area (Å²) < 4.78 is 19.8. The lowest BCUT2D eigenvalue weighted by Gasteiger charge is -2.39. The minimum Gasteiger partial charge on any atom is -0.431 e. The van der Waals surface area contributed by atoms with Crippen LogP contribution < -0.4 is 0 Å². The van der Waals surface area contributed by atoms with E-state index in [9.17, 15) is 25.2 Å². The number of hydrogen-bond acceptors (Lipinski definition) is 9. The molecule has 0 heterocycles. The average Bonchev–Trinajstić information content (AvgIpc) is 2.49. The van der Waals surface area contributed by atoms with Crippen molar-refractivity contribution in [3.8, 4) is 0 Å². The molecular formula is C13H24O9. The second-order valence-corrected chi connectivity index (χ2v) is 5.16. The largest absolute Gasteiger partial charge is 0.508 e. The van der Waals surface area contributed by atoms with Crippen LogP contribution in [-0.2, 0) is 18.9 Å². The zero-order chi connectivity index (χ0) is 16.7. The van der Waals surface area contributed by atoms with Gasteiger partial charge in [-0.25, -0.2) is 4.79 Å². The molecule has 130 valence electrons. The number of hydrogen-bond donors (Lipinski definition) is 4. The number of carbonyl (C=O) groups excluding carboxylic acids is 1. The van der Waals surface area contributed by atoms with Crippen molar-refractivity contribution in [2.24, 2.45) is 5.92 Å². The predicted octanol–water partition coefficient (Wildman–Crippen LogP) is -1.74. The first-order valence-corrected chi connectivity index (χ1v) is 6.94. The Morgan fingerprint density at radius 1 is 1.18 bits per heavy atom. The Labute approximate surface area is 128 Å². The Bertz CT molecular complexity index is 337. The molecule has 1 aliphatic rings. The van der Waals surface area contributed by atoms with Gasteiger partial charge in [-0.05, 0) is 0 Å². The van der Waals surface area contributed by atoms with Gasteiger partial charge in [0, 0.05) is 26.6 Å². The molecule has 6 unspecified atom stereocenters.